The van der Waals surface area contributed by atoms with Gasteiger partial charge in [-0.1, -0.05) is 30.9 Å². The van der Waals surface area contributed by atoms with E-state index in [0.717, 1.165) is 26.3 Å². The van der Waals surface area contributed by atoms with Crippen LogP contribution in [0, 0.1) is 0 Å². The van der Waals surface area contributed by atoms with Gasteiger partial charge in [0.15, 0.2) is 5.17 Å². The van der Waals surface area contributed by atoms with Crippen molar-refractivity contribution in [3.8, 4) is 5.75 Å². The molecule has 1 fully saturated rings. The molecular weight excluding hydrogens is 508 g/mol. The Morgan fingerprint density at radius 3 is 2.54 bits per heavy atom. The Bertz CT molecular complexity index is 981. The van der Waals surface area contributed by atoms with Crippen LogP contribution < -0.4 is 10.1 Å². The normalized spacial score (nSPS) is 16.3. The molecule has 1 aliphatic heterocycles. The van der Waals surface area contributed by atoms with E-state index in [-0.39, 0.29) is 11.1 Å². The number of rotatable bonds is 5. The van der Waals surface area contributed by atoms with E-state index in [4.69, 9.17) is 4.74 Å². The maximum Gasteiger partial charge on any atom is 0.279 e. The second-order valence-electron chi connectivity index (χ2n) is 5.57. The highest BCUT2D eigenvalue weighted by Gasteiger charge is 2.25. The van der Waals surface area contributed by atoms with Crippen molar-refractivity contribution in [2.24, 2.45) is 4.99 Å². The average molecular weight is 522 g/mol. The number of thioether (sulfide) groups is 1. The predicted octanol–water partition coefficient (Wildman–Crippen LogP) is 5.18. The summed E-state index contributed by atoms with van der Waals surface area (Å²) in [6.45, 7) is 4.01. The van der Waals surface area contributed by atoms with Gasteiger partial charge in [0.2, 0.25) is 0 Å². The third-order valence-corrected chi connectivity index (χ3v) is 5.63. The van der Waals surface area contributed by atoms with Gasteiger partial charge in [0.1, 0.15) is 12.4 Å². The lowest BCUT2D eigenvalue weighted by Gasteiger charge is -2.09. The maximum atomic E-state index is 12.2. The summed E-state index contributed by atoms with van der Waals surface area (Å²) in [6, 6.07) is 12.4. The highest BCUT2D eigenvalue weighted by molar-refractivity contribution is 9.11. The van der Waals surface area contributed by atoms with Gasteiger partial charge in [0.05, 0.1) is 13.9 Å². The van der Waals surface area contributed by atoms with Crippen LogP contribution in [0.4, 0.5) is 0 Å². The summed E-state index contributed by atoms with van der Waals surface area (Å²) >= 11 is 8.06. The smallest absolute Gasteiger partial charge is 0.279 e. The van der Waals surface area contributed by atoms with Gasteiger partial charge in [-0.05, 0) is 79.5 Å². The van der Waals surface area contributed by atoms with E-state index in [1.165, 1.54) is 0 Å². The zero-order valence-electron chi connectivity index (χ0n) is 14.4. The molecule has 142 valence electrons. The number of aliphatic imine (C=N–C) groups is 1. The minimum atomic E-state index is -0.404. The van der Waals surface area contributed by atoms with Crippen LogP contribution in [0.2, 0.25) is 0 Å². The average Bonchev–Trinajstić information content (AvgIpc) is 3.00. The summed E-state index contributed by atoms with van der Waals surface area (Å²) in [4.78, 5) is 28.8. The topological polar surface area (TPSA) is 67.8 Å². The van der Waals surface area contributed by atoms with Crippen LogP contribution in [-0.2, 0) is 4.79 Å². The molecule has 3 rings (SSSR count). The number of amides is 2. The van der Waals surface area contributed by atoms with Gasteiger partial charge in [-0.3, -0.25) is 9.59 Å². The summed E-state index contributed by atoms with van der Waals surface area (Å²) < 4.78 is 7.08. The molecule has 5 nitrogen and oxygen atoms in total. The van der Waals surface area contributed by atoms with Crippen LogP contribution in [0.1, 0.15) is 15.9 Å². The fourth-order valence-electron chi connectivity index (χ4n) is 2.31. The van der Waals surface area contributed by atoms with E-state index >= 15 is 0 Å². The van der Waals surface area contributed by atoms with Gasteiger partial charge in [-0.25, -0.2) is 0 Å². The molecule has 2 aromatic carbocycles. The standard InChI is InChI=1S/C20H14Br2N2O3S/c1-2-8-27-17-14(21)9-12(10-15(17)22)11-16-19(26)24-20(28-16)23-18(25)13-6-4-3-5-7-13/h2-7,9-11H,1,8H2,(H,23,24,25,26)/b16-11-. The van der Waals surface area contributed by atoms with Gasteiger partial charge in [0.25, 0.3) is 11.8 Å². The zero-order valence-corrected chi connectivity index (χ0v) is 18.4. The molecule has 0 saturated carbocycles. The molecule has 1 aliphatic rings. The highest BCUT2D eigenvalue weighted by atomic mass is 79.9. The first-order chi connectivity index (χ1) is 13.5. The molecule has 8 heteroatoms. The van der Waals surface area contributed by atoms with Crippen molar-refractivity contribution in [3.63, 3.8) is 0 Å². The van der Waals surface area contributed by atoms with E-state index < -0.39 is 5.91 Å². The molecule has 0 aromatic heterocycles. The number of hydrogen-bond donors (Lipinski definition) is 1. The van der Waals surface area contributed by atoms with E-state index in [1.54, 1.807) is 36.4 Å². The molecular formula is C20H14Br2N2O3S. The van der Waals surface area contributed by atoms with Crippen LogP contribution in [0.25, 0.3) is 6.08 Å². The first kappa shape index (κ1) is 20.6. The zero-order chi connectivity index (χ0) is 20.1. The van der Waals surface area contributed by atoms with Crippen molar-refractivity contribution >= 4 is 66.7 Å². The van der Waals surface area contributed by atoms with Gasteiger partial charge in [0, 0.05) is 5.56 Å². The Labute approximate surface area is 183 Å². The molecule has 28 heavy (non-hydrogen) atoms. The molecule has 0 spiro atoms. The molecule has 1 heterocycles. The van der Waals surface area contributed by atoms with Crippen molar-refractivity contribution in [1.29, 1.82) is 0 Å². The molecule has 0 radical (unpaired) electrons. The predicted molar refractivity (Wildman–Crippen MR) is 119 cm³/mol. The minimum absolute atomic E-state index is 0.258. The van der Waals surface area contributed by atoms with Gasteiger partial charge < -0.3 is 10.1 Å². The fraction of sp³-hybridized carbons (Fsp3) is 0.0500. The molecule has 2 amide bonds. The number of halogens is 2. The molecule has 0 aliphatic carbocycles. The van der Waals surface area contributed by atoms with Crippen LogP contribution in [0.3, 0.4) is 0 Å². The van der Waals surface area contributed by atoms with Crippen LogP contribution >= 0.6 is 43.6 Å². The summed E-state index contributed by atoms with van der Waals surface area (Å²) in [7, 11) is 0. The molecule has 2 aromatic rings. The van der Waals surface area contributed by atoms with Crippen molar-refractivity contribution in [2.75, 3.05) is 6.61 Å². The molecule has 0 bridgehead atoms. The van der Waals surface area contributed by atoms with Gasteiger partial charge >= 0.3 is 0 Å². The molecule has 1 saturated heterocycles. The Morgan fingerprint density at radius 2 is 1.89 bits per heavy atom. The Morgan fingerprint density at radius 1 is 1.21 bits per heavy atom. The number of ether oxygens (including phenoxy) is 1. The number of carbonyl (C=O) groups is 2. The second kappa shape index (κ2) is 9.36. The van der Waals surface area contributed by atoms with E-state index in [1.807, 2.05) is 18.2 Å². The first-order valence-electron chi connectivity index (χ1n) is 8.09. The van der Waals surface area contributed by atoms with Gasteiger partial charge in [-0.15, -0.1) is 0 Å². The van der Waals surface area contributed by atoms with Crippen LogP contribution in [0.15, 0.2) is 74.0 Å². The van der Waals surface area contributed by atoms with Crippen molar-refractivity contribution in [3.05, 3.63) is 80.1 Å². The van der Waals surface area contributed by atoms with Crippen LogP contribution in [0.5, 0.6) is 5.75 Å². The number of hydrogen-bond acceptors (Lipinski definition) is 4. The number of nitrogens with zero attached hydrogens (tertiary/aromatic N) is 1. The van der Waals surface area contributed by atoms with E-state index in [9.17, 15) is 9.59 Å². The number of carbonyl (C=O) groups excluding carboxylic acids is 2. The first-order valence-corrected chi connectivity index (χ1v) is 10.5. The number of amidine groups is 1. The summed E-state index contributed by atoms with van der Waals surface area (Å²) in [6.07, 6.45) is 3.38. The largest absolute Gasteiger partial charge is 0.487 e. The Hall–Kier alpha value is -2.16. The number of benzene rings is 2. The molecule has 0 unspecified atom stereocenters. The number of nitrogens with one attached hydrogen (secondary N) is 1. The maximum absolute atomic E-state index is 12.2. The highest BCUT2D eigenvalue weighted by Crippen LogP contribution is 2.36. The summed E-state index contributed by atoms with van der Waals surface area (Å²) in [5.74, 6) is -0.0519. The lowest BCUT2D eigenvalue weighted by atomic mass is 10.2. The SMILES string of the molecule is C=CCOc1c(Br)cc(/C=C2\SC(=NC(=O)c3ccccc3)NC2=O)cc1Br. The fourth-order valence-corrected chi connectivity index (χ4v) is 4.58. The van der Waals surface area contributed by atoms with E-state index in [2.05, 4.69) is 48.7 Å². The lowest BCUT2D eigenvalue weighted by molar-refractivity contribution is -0.115. The second-order valence-corrected chi connectivity index (χ2v) is 8.31. The monoisotopic (exact) mass is 520 g/mol. The summed E-state index contributed by atoms with van der Waals surface area (Å²) in [5.41, 5.74) is 1.25. The third kappa shape index (κ3) is 5.01. The van der Waals surface area contributed by atoms with Crippen LogP contribution in [-0.4, -0.2) is 23.6 Å². The Balaban J connectivity index is 1.80. The van der Waals surface area contributed by atoms with Crippen molar-refractivity contribution in [2.45, 2.75) is 0 Å². The van der Waals surface area contributed by atoms with Gasteiger partial charge in [-0.2, -0.15) is 4.99 Å². The quantitative estimate of drug-likeness (QED) is 0.435. The van der Waals surface area contributed by atoms with E-state index in [0.29, 0.717) is 22.8 Å². The molecule has 1 N–H and O–H groups in total. The lowest BCUT2D eigenvalue weighted by Crippen LogP contribution is -2.20. The minimum Gasteiger partial charge on any atom is -0.487 e. The Kier molecular flexibility index (Phi) is 6.88. The third-order valence-electron chi connectivity index (χ3n) is 3.54. The summed E-state index contributed by atoms with van der Waals surface area (Å²) in [5, 5.41) is 2.88. The van der Waals surface area contributed by atoms with Crippen molar-refractivity contribution in [1.82, 2.24) is 5.32 Å². The molecule has 0 atom stereocenters. The van der Waals surface area contributed by atoms with Crippen molar-refractivity contribution < 1.29 is 14.3 Å².